The quantitative estimate of drug-likeness (QED) is 0.245. The first-order valence-corrected chi connectivity index (χ1v) is 10.5. The summed E-state index contributed by atoms with van der Waals surface area (Å²) in [6.45, 7) is 4.85. The summed E-state index contributed by atoms with van der Waals surface area (Å²) in [7, 11) is 3.33. The molecule has 4 N–H and O–H groups in total. The lowest BCUT2D eigenvalue weighted by Gasteiger charge is -2.22. The zero-order valence-corrected chi connectivity index (χ0v) is 18.9. The number of hydrogen-bond acceptors (Lipinski definition) is 7. The first-order chi connectivity index (χ1) is 14.1. The molecule has 0 aromatic carbocycles. The van der Waals surface area contributed by atoms with Crippen molar-refractivity contribution in [1.82, 2.24) is 21.3 Å². The van der Waals surface area contributed by atoms with Crippen molar-refractivity contribution in [1.29, 1.82) is 0 Å². The molecule has 0 radical (unpaired) electrons. The Labute approximate surface area is 179 Å². The zero-order chi connectivity index (χ0) is 23.1. The molecule has 0 saturated carbocycles. The van der Waals surface area contributed by atoms with E-state index in [-0.39, 0.29) is 41.6 Å². The second-order valence-corrected chi connectivity index (χ2v) is 7.71. The highest BCUT2D eigenvalue weighted by molar-refractivity contribution is 5.84. The second-order valence-electron chi connectivity index (χ2n) is 7.71. The van der Waals surface area contributed by atoms with Gasteiger partial charge in [-0.05, 0) is 60.5 Å². The molecular formula is C21H38N4O5. The first-order valence-electron chi connectivity index (χ1n) is 10.5. The van der Waals surface area contributed by atoms with Crippen molar-refractivity contribution in [3.63, 3.8) is 0 Å². The van der Waals surface area contributed by atoms with E-state index in [0.717, 1.165) is 0 Å². The predicted molar refractivity (Wildman–Crippen MR) is 115 cm³/mol. The van der Waals surface area contributed by atoms with Gasteiger partial charge in [-0.15, -0.1) is 0 Å². The van der Waals surface area contributed by atoms with E-state index in [1.165, 1.54) is 20.8 Å². The van der Waals surface area contributed by atoms with Gasteiger partial charge in [-0.3, -0.25) is 14.4 Å². The number of ketones is 3. The van der Waals surface area contributed by atoms with Crippen LogP contribution in [0.4, 0.5) is 0 Å². The van der Waals surface area contributed by atoms with Gasteiger partial charge in [0.25, 0.3) is 0 Å². The molecule has 0 aliphatic rings. The topological polar surface area (TPSA) is 133 Å². The van der Waals surface area contributed by atoms with Crippen LogP contribution < -0.4 is 21.3 Å². The molecule has 0 aliphatic heterocycles. The van der Waals surface area contributed by atoms with Crippen LogP contribution in [-0.4, -0.2) is 67.9 Å². The number of rotatable bonds is 17. The molecule has 9 nitrogen and oxygen atoms in total. The van der Waals surface area contributed by atoms with Gasteiger partial charge in [0.2, 0.25) is 11.8 Å². The molecule has 0 aromatic rings. The number of carbonyl (C=O) groups is 5. The minimum atomic E-state index is -0.499. The largest absolute Gasteiger partial charge is 0.355 e. The molecule has 2 amide bonds. The van der Waals surface area contributed by atoms with E-state index in [0.29, 0.717) is 45.1 Å². The minimum absolute atomic E-state index is 0.0160. The summed E-state index contributed by atoms with van der Waals surface area (Å²) >= 11 is 0. The second kappa shape index (κ2) is 15.7. The monoisotopic (exact) mass is 426 g/mol. The lowest BCUT2D eigenvalue weighted by atomic mass is 10.0. The third kappa shape index (κ3) is 13.2. The van der Waals surface area contributed by atoms with Crippen LogP contribution in [0.5, 0.6) is 0 Å². The summed E-state index contributed by atoms with van der Waals surface area (Å²) in [4.78, 5) is 58.5. The fraction of sp³-hybridized carbons (Fsp3) is 0.762. The Bertz CT molecular complexity index is 594. The summed E-state index contributed by atoms with van der Waals surface area (Å²) < 4.78 is 0. The van der Waals surface area contributed by atoms with Crippen LogP contribution in [0.25, 0.3) is 0 Å². The van der Waals surface area contributed by atoms with Crippen LogP contribution in [-0.2, 0) is 24.0 Å². The lowest BCUT2D eigenvalue weighted by molar-refractivity contribution is -0.126. The molecule has 3 unspecified atom stereocenters. The van der Waals surface area contributed by atoms with E-state index in [9.17, 15) is 24.0 Å². The van der Waals surface area contributed by atoms with E-state index in [4.69, 9.17) is 0 Å². The summed E-state index contributed by atoms with van der Waals surface area (Å²) in [6.07, 6.45) is 2.80. The average molecular weight is 427 g/mol. The fourth-order valence-electron chi connectivity index (χ4n) is 3.07. The van der Waals surface area contributed by atoms with Crippen LogP contribution in [0.1, 0.15) is 65.7 Å². The molecule has 172 valence electrons. The molecule has 0 spiro atoms. The fourth-order valence-corrected chi connectivity index (χ4v) is 3.07. The summed E-state index contributed by atoms with van der Waals surface area (Å²) in [5, 5.41) is 11.5. The normalized spacial score (nSPS) is 13.8. The number of nitrogens with one attached hydrogen (secondary N) is 4. The van der Waals surface area contributed by atoms with Gasteiger partial charge in [-0.25, -0.2) is 0 Å². The maximum Gasteiger partial charge on any atom is 0.237 e. The molecule has 30 heavy (non-hydrogen) atoms. The number of Topliss-reactive ketones (excluding diaryl/α,β-unsaturated/α-hetero) is 3. The molecule has 0 rings (SSSR count). The predicted octanol–water partition coefficient (Wildman–Crippen LogP) is 0.261. The molecule has 0 heterocycles. The molecule has 3 atom stereocenters. The van der Waals surface area contributed by atoms with Gasteiger partial charge in [0.15, 0.2) is 0 Å². The van der Waals surface area contributed by atoms with Gasteiger partial charge in [0.1, 0.15) is 17.3 Å². The number of likely N-dealkylation sites (N-methyl/N-ethyl adjacent to an activating group) is 2. The van der Waals surface area contributed by atoms with E-state index < -0.39 is 12.1 Å². The van der Waals surface area contributed by atoms with Crippen molar-refractivity contribution in [3.8, 4) is 0 Å². The molecule has 0 bridgehead atoms. The highest BCUT2D eigenvalue weighted by atomic mass is 16.2. The van der Waals surface area contributed by atoms with Crippen LogP contribution in [0, 0.1) is 0 Å². The maximum atomic E-state index is 12.5. The molecule has 0 aliphatic carbocycles. The Morgan fingerprint density at radius 3 is 1.63 bits per heavy atom. The first kappa shape index (κ1) is 27.9. The van der Waals surface area contributed by atoms with Crippen molar-refractivity contribution >= 4 is 29.2 Å². The van der Waals surface area contributed by atoms with Gasteiger partial charge >= 0.3 is 0 Å². The van der Waals surface area contributed by atoms with E-state index >= 15 is 0 Å². The highest BCUT2D eigenvalue weighted by Gasteiger charge is 2.21. The van der Waals surface area contributed by atoms with E-state index in [2.05, 4.69) is 21.3 Å². The Kier molecular flexibility index (Phi) is 14.6. The minimum Gasteiger partial charge on any atom is -0.355 e. The van der Waals surface area contributed by atoms with Crippen molar-refractivity contribution in [3.05, 3.63) is 0 Å². The number of hydrogen-bond donors (Lipinski definition) is 4. The Morgan fingerprint density at radius 2 is 1.20 bits per heavy atom. The van der Waals surface area contributed by atoms with Crippen LogP contribution in [0.2, 0.25) is 0 Å². The van der Waals surface area contributed by atoms with Crippen molar-refractivity contribution < 1.29 is 24.0 Å². The summed E-state index contributed by atoms with van der Waals surface area (Å²) in [5.74, 6) is -0.399. The Balaban J connectivity index is 4.57. The Morgan fingerprint density at radius 1 is 0.700 bits per heavy atom. The molecule has 0 saturated heterocycles. The van der Waals surface area contributed by atoms with Crippen LogP contribution >= 0.6 is 0 Å². The average Bonchev–Trinajstić information content (AvgIpc) is 2.65. The smallest absolute Gasteiger partial charge is 0.237 e. The molecule has 9 heteroatoms. The van der Waals surface area contributed by atoms with Crippen LogP contribution in [0.3, 0.4) is 0 Å². The molecular weight excluding hydrogens is 388 g/mol. The van der Waals surface area contributed by atoms with Gasteiger partial charge in [-0.2, -0.15) is 0 Å². The number of amides is 2. The third-order valence-electron chi connectivity index (χ3n) is 4.81. The lowest BCUT2D eigenvalue weighted by Crippen LogP contribution is -2.47. The van der Waals surface area contributed by atoms with Crippen LogP contribution in [0.15, 0.2) is 0 Å². The Hall–Kier alpha value is -2.13. The highest BCUT2D eigenvalue weighted by Crippen LogP contribution is 2.06. The van der Waals surface area contributed by atoms with Gasteiger partial charge in [0.05, 0.1) is 12.1 Å². The molecule has 0 aromatic heterocycles. The standard InChI is InChI=1S/C21H38N4O5/c1-14(26)8-10-18(22-4)20(29)24-12-6-7-17(13-16(3)28)25-21(30)19(23-5)11-9-15(2)27/h17-19,22-23H,6-13H2,1-5H3,(H,24,29)(H,25,30). The van der Waals surface area contributed by atoms with Crippen molar-refractivity contribution in [2.75, 3.05) is 20.6 Å². The zero-order valence-electron chi connectivity index (χ0n) is 18.9. The summed E-state index contributed by atoms with van der Waals surface area (Å²) in [6, 6.07) is -1.27. The van der Waals surface area contributed by atoms with E-state index in [1.54, 1.807) is 14.1 Å². The van der Waals surface area contributed by atoms with Gasteiger partial charge < -0.3 is 30.9 Å². The van der Waals surface area contributed by atoms with Crippen molar-refractivity contribution in [2.45, 2.75) is 83.8 Å². The van der Waals surface area contributed by atoms with Gasteiger partial charge in [0, 0.05) is 31.8 Å². The molecule has 0 fully saturated rings. The van der Waals surface area contributed by atoms with Crippen molar-refractivity contribution in [2.24, 2.45) is 0 Å². The SMILES string of the molecule is CNC(CCC(C)=O)C(=O)NCCCC(CC(C)=O)NC(=O)C(CCC(C)=O)NC. The third-order valence-corrected chi connectivity index (χ3v) is 4.81. The van der Waals surface area contributed by atoms with Gasteiger partial charge in [-0.1, -0.05) is 0 Å². The van der Waals surface area contributed by atoms with E-state index in [1.807, 2.05) is 0 Å². The summed E-state index contributed by atoms with van der Waals surface area (Å²) in [5.41, 5.74) is 0. The number of carbonyl (C=O) groups excluding carboxylic acids is 5. The maximum absolute atomic E-state index is 12.5.